The summed E-state index contributed by atoms with van der Waals surface area (Å²) >= 11 is 0. The van der Waals surface area contributed by atoms with E-state index < -0.39 is 5.91 Å². The van der Waals surface area contributed by atoms with Crippen LogP contribution in [0, 0.1) is 0 Å². The predicted molar refractivity (Wildman–Crippen MR) is 70.2 cm³/mol. The molecule has 0 spiro atoms. The Morgan fingerprint density at radius 3 is 1.94 bits per heavy atom. The van der Waals surface area contributed by atoms with Crippen LogP contribution in [-0.4, -0.2) is 55.6 Å². The van der Waals surface area contributed by atoms with Crippen molar-refractivity contribution >= 4 is 6.03 Å². The summed E-state index contributed by atoms with van der Waals surface area (Å²) < 4.78 is 11.7. The summed E-state index contributed by atoms with van der Waals surface area (Å²) in [6.07, 6.45) is 4.09. The van der Waals surface area contributed by atoms with E-state index in [1.165, 1.54) is 0 Å². The molecule has 5 nitrogen and oxygen atoms in total. The molecule has 1 saturated heterocycles. The van der Waals surface area contributed by atoms with E-state index in [0.717, 1.165) is 25.7 Å². The maximum absolute atomic E-state index is 11.9. The van der Waals surface area contributed by atoms with Gasteiger partial charge in [0.05, 0.1) is 19.8 Å². The molecule has 0 unspecified atom stereocenters. The maximum atomic E-state index is 11.9. The van der Waals surface area contributed by atoms with E-state index >= 15 is 0 Å². The second kappa shape index (κ2) is 6.95. The summed E-state index contributed by atoms with van der Waals surface area (Å²) in [6, 6.07) is -0.0528. The van der Waals surface area contributed by atoms with Gasteiger partial charge < -0.3 is 14.4 Å². The molecule has 0 aromatic carbocycles. The molecular weight excluding hydrogens is 232 g/mol. The topological polar surface area (TPSA) is 42.0 Å². The molecule has 18 heavy (non-hydrogen) atoms. The van der Waals surface area contributed by atoms with Gasteiger partial charge in [0.1, 0.15) is 0 Å². The van der Waals surface area contributed by atoms with Crippen LogP contribution >= 0.6 is 0 Å². The quantitative estimate of drug-likeness (QED) is 0.495. The fraction of sp³-hybridized carbons (Fsp3) is 0.923. The Labute approximate surface area is 110 Å². The number of nitrogens with zero attached hydrogens (tertiary/aromatic N) is 2. The highest BCUT2D eigenvalue weighted by Gasteiger charge is 2.48. The van der Waals surface area contributed by atoms with Gasteiger partial charge in [-0.3, -0.25) is 4.90 Å². The first-order valence-electron chi connectivity index (χ1n) is 6.84. The molecule has 0 atom stereocenters. The molecule has 0 saturated carbocycles. The van der Waals surface area contributed by atoms with Crippen molar-refractivity contribution in [1.29, 1.82) is 0 Å². The van der Waals surface area contributed by atoms with Crippen molar-refractivity contribution in [2.45, 2.75) is 45.4 Å². The van der Waals surface area contributed by atoms with Crippen LogP contribution in [0.15, 0.2) is 0 Å². The molecule has 0 bridgehead atoms. The SMILES string of the molecule is CCCCOC1(OCCCC)CN(C)C(=O)N1C. The van der Waals surface area contributed by atoms with Crippen LogP contribution in [0.4, 0.5) is 4.79 Å². The molecule has 5 heteroatoms. The maximum Gasteiger partial charge on any atom is 0.323 e. The summed E-state index contributed by atoms with van der Waals surface area (Å²) in [4.78, 5) is 15.1. The Balaban J connectivity index is 2.65. The molecule has 106 valence electrons. The molecule has 0 aliphatic carbocycles. The molecule has 2 amide bonds. The third-order valence-corrected chi connectivity index (χ3v) is 3.21. The zero-order valence-corrected chi connectivity index (χ0v) is 12.1. The number of likely N-dealkylation sites (N-methyl/N-ethyl adjacent to an activating group) is 2. The summed E-state index contributed by atoms with van der Waals surface area (Å²) in [5.41, 5.74) is 0. The largest absolute Gasteiger partial charge is 0.331 e. The van der Waals surface area contributed by atoms with Gasteiger partial charge in [0.15, 0.2) is 0 Å². The minimum absolute atomic E-state index is 0.0528. The van der Waals surface area contributed by atoms with E-state index in [-0.39, 0.29) is 6.03 Å². The Morgan fingerprint density at radius 1 is 1.11 bits per heavy atom. The lowest BCUT2D eigenvalue weighted by atomic mass is 10.3. The molecule has 1 aliphatic heterocycles. The number of amides is 2. The molecule has 0 radical (unpaired) electrons. The van der Waals surface area contributed by atoms with E-state index in [4.69, 9.17) is 9.47 Å². The van der Waals surface area contributed by atoms with Crippen molar-refractivity contribution in [2.24, 2.45) is 0 Å². The monoisotopic (exact) mass is 258 g/mol. The van der Waals surface area contributed by atoms with Crippen molar-refractivity contribution in [3.05, 3.63) is 0 Å². The van der Waals surface area contributed by atoms with Gasteiger partial charge in [0.2, 0.25) is 0 Å². The lowest BCUT2D eigenvalue weighted by Gasteiger charge is -2.34. The number of unbranched alkanes of at least 4 members (excludes halogenated alkanes) is 2. The van der Waals surface area contributed by atoms with Gasteiger partial charge in [0, 0.05) is 14.1 Å². The number of hydrogen-bond acceptors (Lipinski definition) is 3. The number of rotatable bonds is 8. The van der Waals surface area contributed by atoms with Crippen LogP contribution in [0.5, 0.6) is 0 Å². The van der Waals surface area contributed by atoms with E-state index in [1.54, 1.807) is 23.9 Å². The molecule has 0 aromatic heterocycles. The van der Waals surface area contributed by atoms with Crippen LogP contribution in [0.25, 0.3) is 0 Å². The molecule has 1 rings (SSSR count). The fourth-order valence-corrected chi connectivity index (χ4v) is 1.95. The van der Waals surface area contributed by atoms with E-state index in [0.29, 0.717) is 19.8 Å². The first-order chi connectivity index (χ1) is 8.57. The number of hydrogen-bond donors (Lipinski definition) is 0. The van der Waals surface area contributed by atoms with Crippen molar-refractivity contribution in [3.63, 3.8) is 0 Å². The smallest absolute Gasteiger partial charge is 0.323 e. The average Bonchev–Trinajstić information content (AvgIpc) is 2.56. The molecule has 0 aromatic rings. The van der Waals surface area contributed by atoms with Gasteiger partial charge in [-0.15, -0.1) is 0 Å². The van der Waals surface area contributed by atoms with E-state index in [9.17, 15) is 4.79 Å². The highest BCUT2D eigenvalue weighted by molar-refractivity contribution is 5.76. The first-order valence-corrected chi connectivity index (χ1v) is 6.84. The van der Waals surface area contributed by atoms with Crippen LogP contribution in [0.3, 0.4) is 0 Å². The lowest BCUT2D eigenvalue weighted by molar-refractivity contribution is -0.284. The van der Waals surface area contributed by atoms with Crippen molar-refractivity contribution in [2.75, 3.05) is 33.9 Å². The molecular formula is C13H26N2O3. The Hall–Kier alpha value is -0.810. The van der Waals surface area contributed by atoms with Crippen molar-refractivity contribution in [3.8, 4) is 0 Å². The summed E-state index contributed by atoms with van der Waals surface area (Å²) in [6.45, 7) is 5.94. The minimum Gasteiger partial charge on any atom is -0.331 e. The first kappa shape index (κ1) is 15.2. The summed E-state index contributed by atoms with van der Waals surface area (Å²) in [7, 11) is 3.51. The predicted octanol–water partition coefficient (Wildman–Crippen LogP) is 2.27. The van der Waals surface area contributed by atoms with Gasteiger partial charge in [-0.1, -0.05) is 26.7 Å². The second-order valence-corrected chi connectivity index (χ2v) is 4.81. The standard InChI is InChI=1S/C13H26N2O3/c1-5-7-9-17-13(18-10-8-6-2)11-14(3)12(16)15(13)4/h5-11H2,1-4H3. The van der Waals surface area contributed by atoms with Crippen molar-refractivity contribution in [1.82, 2.24) is 9.80 Å². The van der Waals surface area contributed by atoms with E-state index in [1.807, 2.05) is 0 Å². The molecule has 1 fully saturated rings. The number of urea groups is 1. The van der Waals surface area contributed by atoms with Crippen molar-refractivity contribution < 1.29 is 14.3 Å². The van der Waals surface area contributed by atoms with Crippen LogP contribution in [-0.2, 0) is 9.47 Å². The number of carbonyl (C=O) groups is 1. The average molecular weight is 258 g/mol. The zero-order chi connectivity index (χ0) is 13.6. The van der Waals surface area contributed by atoms with Gasteiger partial charge in [-0.2, -0.15) is 0 Å². The third-order valence-electron chi connectivity index (χ3n) is 3.21. The van der Waals surface area contributed by atoms with Gasteiger partial charge in [0.25, 0.3) is 5.91 Å². The summed E-state index contributed by atoms with van der Waals surface area (Å²) in [5.74, 6) is -0.893. The number of ether oxygens (including phenoxy) is 2. The third kappa shape index (κ3) is 3.36. The highest BCUT2D eigenvalue weighted by atomic mass is 16.7. The molecule has 0 N–H and O–H groups in total. The zero-order valence-electron chi connectivity index (χ0n) is 12.1. The second-order valence-electron chi connectivity index (χ2n) is 4.81. The van der Waals surface area contributed by atoms with Gasteiger partial charge >= 0.3 is 6.03 Å². The van der Waals surface area contributed by atoms with Gasteiger partial charge in [-0.05, 0) is 12.8 Å². The van der Waals surface area contributed by atoms with Gasteiger partial charge in [-0.25, -0.2) is 4.79 Å². The highest BCUT2D eigenvalue weighted by Crippen LogP contribution is 2.27. The van der Waals surface area contributed by atoms with Crippen LogP contribution in [0.1, 0.15) is 39.5 Å². The molecule has 1 heterocycles. The molecule has 1 aliphatic rings. The Kier molecular flexibility index (Phi) is 5.88. The minimum atomic E-state index is -0.893. The Bertz CT molecular complexity index is 261. The normalized spacial score (nSPS) is 18.8. The fourth-order valence-electron chi connectivity index (χ4n) is 1.95. The van der Waals surface area contributed by atoms with E-state index in [2.05, 4.69) is 13.8 Å². The lowest BCUT2D eigenvalue weighted by Crippen LogP contribution is -2.50. The summed E-state index contributed by atoms with van der Waals surface area (Å²) in [5, 5.41) is 0. The van der Waals surface area contributed by atoms with Crippen LogP contribution < -0.4 is 0 Å². The Morgan fingerprint density at radius 2 is 1.61 bits per heavy atom. The van der Waals surface area contributed by atoms with Crippen LogP contribution in [0.2, 0.25) is 0 Å². The number of carbonyl (C=O) groups excluding carboxylic acids is 1.